The van der Waals surface area contributed by atoms with Crippen molar-refractivity contribution in [3.63, 3.8) is 0 Å². The molecule has 16 heavy (non-hydrogen) atoms. The van der Waals surface area contributed by atoms with Crippen LogP contribution >= 0.6 is 11.8 Å². The summed E-state index contributed by atoms with van der Waals surface area (Å²) in [5.41, 5.74) is 3.05. The predicted molar refractivity (Wildman–Crippen MR) is 69.8 cm³/mol. The second-order valence-electron chi connectivity index (χ2n) is 4.36. The molecule has 1 aliphatic rings. The van der Waals surface area contributed by atoms with Gasteiger partial charge >= 0.3 is 0 Å². The maximum atomic E-state index is 8.87. The van der Waals surface area contributed by atoms with Gasteiger partial charge in [-0.1, -0.05) is 13.0 Å². The first kappa shape index (κ1) is 11.3. The Morgan fingerprint density at radius 3 is 2.94 bits per heavy atom. The molecule has 0 aromatic heterocycles. The smallest absolute Gasteiger partial charge is 0.0992 e. The monoisotopic (exact) mass is 232 g/mol. The highest BCUT2D eigenvalue weighted by Crippen LogP contribution is 2.29. The molecule has 0 radical (unpaired) electrons. The molecule has 1 heterocycles. The number of nitrogens with zero attached hydrogens (tertiary/aromatic N) is 1. The Morgan fingerprint density at radius 2 is 2.31 bits per heavy atom. The zero-order chi connectivity index (χ0) is 11.5. The highest BCUT2D eigenvalue weighted by molar-refractivity contribution is 8.00. The van der Waals surface area contributed by atoms with Crippen molar-refractivity contribution in [2.24, 2.45) is 0 Å². The summed E-state index contributed by atoms with van der Waals surface area (Å²) in [6, 6.07) is 8.55. The van der Waals surface area contributed by atoms with Crippen molar-refractivity contribution in [2.45, 2.75) is 31.6 Å². The van der Waals surface area contributed by atoms with Crippen molar-refractivity contribution in [2.75, 3.05) is 11.1 Å². The Bertz CT molecular complexity index is 422. The number of nitriles is 1. The Morgan fingerprint density at radius 1 is 1.50 bits per heavy atom. The summed E-state index contributed by atoms with van der Waals surface area (Å²) in [5, 5.41) is 13.2. The lowest BCUT2D eigenvalue weighted by atomic mass is 10.1. The minimum atomic E-state index is 0.549. The van der Waals surface area contributed by atoms with Gasteiger partial charge in [0.2, 0.25) is 0 Å². The Labute approximate surface area is 101 Å². The van der Waals surface area contributed by atoms with Crippen molar-refractivity contribution in [3.05, 3.63) is 29.3 Å². The molecular formula is C13H16N2S. The van der Waals surface area contributed by atoms with Crippen LogP contribution in [0.3, 0.4) is 0 Å². The molecule has 1 fully saturated rings. The second-order valence-corrected chi connectivity index (χ2v) is 5.83. The van der Waals surface area contributed by atoms with E-state index in [0.29, 0.717) is 6.04 Å². The maximum absolute atomic E-state index is 8.87. The number of hydrogen-bond acceptors (Lipinski definition) is 3. The van der Waals surface area contributed by atoms with Gasteiger partial charge in [0.15, 0.2) is 0 Å². The summed E-state index contributed by atoms with van der Waals surface area (Å²) < 4.78 is 0. The van der Waals surface area contributed by atoms with E-state index in [2.05, 4.69) is 25.2 Å². The molecule has 2 atom stereocenters. The fraction of sp³-hybridized carbons (Fsp3) is 0.462. The highest BCUT2D eigenvalue weighted by atomic mass is 32.2. The Hall–Kier alpha value is -1.14. The van der Waals surface area contributed by atoms with Gasteiger partial charge in [-0.15, -0.1) is 0 Å². The van der Waals surface area contributed by atoms with E-state index >= 15 is 0 Å². The molecule has 0 amide bonds. The summed E-state index contributed by atoms with van der Waals surface area (Å²) in [4.78, 5) is 0. The van der Waals surface area contributed by atoms with E-state index in [0.717, 1.165) is 22.3 Å². The topological polar surface area (TPSA) is 35.8 Å². The van der Waals surface area contributed by atoms with Crippen molar-refractivity contribution < 1.29 is 0 Å². The number of thioether (sulfide) groups is 1. The molecule has 1 aromatic rings. The average molecular weight is 232 g/mol. The van der Waals surface area contributed by atoms with Crippen LogP contribution in [0.25, 0.3) is 0 Å². The van der Waals surface area contributed by atoms with Crippen molar-refractivity contribution >= 4 is 17.4 Å². The fourth-order valence-corrected chi connectivity index (χ4v) is 3.13. The van der Waals surface area contributed by atoms with Crippen LogP contribution in [0.1, 0.15) is 24.5 Å². The minimum Gasteiger partial charge on any atom is -0.381 e. The van der Waals surface area contributed by atoms with Crippen LogP contribution in [0.4, 0.5) is 5.69 Å². The summed E-state index contributed by atoms with van der Waals surface area (Å²) in [6.07, 6.45) is 1.21. The van der Waals surface area contributed by atoms with Gasteiger partial charge in [-0.2, -0.15) is 17.0 Å². The van der Waals surface area contributed by atoms with Gasteiger partial charge in [0.1, 0.15) is 0 Å². The van der Waals surface area contributed by atoms with Gasteiger partial charge in [-0.25, -0.2) is 0 Å². The first-order valence-electron chi connectivity index (χ1n) is 5.58. The van der Waals surface area contributed by atoms with Crippen LogP contribution < -0.4 is 5.32 Å². The van der Waals surface area contributed by atoms with Gasteiger partial charge in [0.25, 0.3) is 0 Å². The Balaban J connectivity index is 2.12. The van der Waals surface area contributed by atoms with Crippen molar-refractivity contribution in [1.29, 1.82) is 5.26 Å². The zero-order valence-electron chi connectivity index (χ0n) is 9.66. The quantitative estimate of drug-likeness (QED) is 0.850. The van der Waals surface area contributed by atoms with Crippen LogP contribution in [0.15, 0.2) is 18.2 Å². The van der Waals surface area contributed by atoms with E-state index in [-0.39, 0.29) is 0 Å². The number of benzene rings is 1. The molecule has 2 unspecified atom stereocenters. The molecular weight excluding hydrogens is 216 g/mol. The van der Waals surface area contributed by atoms with Gasteiger partial charge in [0.05, 0.1) is 11.6 Å². The molecule has 1 saturated heterocycles. The van der Waals surface area contributed by atoms with Gasteiger partial charge in [-0.05, 0) is 31.0 Å². The first-order chi connectivity index (χ1) is 7.69. The molecule has 2 nitrogen and oxygen atoms in total. The number of anilines is 1. The third kappa shape index (κ3) is 2.51. The lowest BCUT2D eigenvalue weighted by Gasteiger charge is -2.15. The van der Waals surface area contributed by atoms with Crippen LogP contribution in [0, 0.1) is 18.3 Å². The van der Waals surface area contributed by atoms with E-state index in [1.54, 1.807) is 0 Å². The standard InChI is InChI=1S/C13H16N2S/c1-9-3-4-11(7-14)6-13(9)15-12-5-10(2)16-8-12/h3-4,6,10,12,15H,5,8H2,1-2H3. The SMILES string of the molecule is Cc1ccc(C#N)cc1NC1CSC(C)C1. The molecule has 84 valence electrons. The van der Waals surface area contributed by atoms with Crippen molar-refractivity contribution in [1.82, 2.24) is 0 Å². The summed E-state index contributed by atoms with van der Waals surface area (Å²) in [6.45, 7) is 4.35. The van der Waals surface area contributed by atoms with Crippen LogP contribution in [0.2, 0.25) is 0 Å². The van der Waals surface area contributed by atoms with E-state index in [9.17, 15) is 0 Å². The van der Waals surface area contributed by atoms with Gasteiger partial charge in [0, 0.05) is 22.7 Å². The third-order valence-corrected chi connectivity index (χ3v) is 4.28. The summed E-state index contributed by atoms with van der Waals surface area (Å²) >= 11 is 2.01. The zero-order valence-corrected chi connectivity index (χ0v) is 10.5. The molecule has 0 bridgehead atoms. The second kappa shape index (κ2) is 4.80. The number of hydrogen-bond donors (Lipinski definition) is 1. The number of aryl methyl sites for hydroxylation is 1. The fourth-order valence-electron chi connectivity index (χ4n) is 1.98. The molecule has 1 aromatic carbocycles. The maximum Gasteiger partial charge on any atom is 0.0992 e. The number of nitrogens with one attached hydrogen (secondary N) is 1. The lowest BCUT2D eigenvalue weighted by Crippen LogP contribution is -2.19. The van der Waals surface area contributed by atoms with E-state index in [1.165, 1.54) is 12.0 Å². The largest absolute Gasteiger partial charge is 0.381 e. The Kier molecular flexibility index (Phi) is 3.40. The van der Waals surface area contributed by atoms with E-state index < -0.39 is 0 Å². The van der Waals surface area contributed by atoms with E-state index in [1.807, 2.05) is 30.0 Å². The molecule has 0 aliphatic carbocycles. The molecule has 0 spiro atoms. The highest BCUT2D eigenvalue weighted by Gasteiger charge is 2.21. The molecule has 0 saturated carbocycles. The van der Waals surface area contributed by atoms with Crippen LogP contribution in [0.5, 0.6) is 0 Å². The van der Waals surface area contributed by atoms with Crippen LogP contribution in [-0.2, 0) is 0 Å². The van der Waals surface area contributed by atoms with Gasteiger partial charge < -0.3 is 5.32 Å². The molecule has 1 N–H and O–H groups in total. The predicted octanol–water partition coefficient (Wildman–Crippen LogP) is 3.17. The third-order valence-electron chi connectivity index (χ3n) is 2.92. The molecule has 1 aliphatic heterocycles. The van der Waals surface area contributed by atoms with Crippen molar-refractivity contribution in [3.8, 4) is 6.07 Å². The first-order valence-corrected chi connectivity index (χ1v) is 6.63. The minimum absolute atomic E-state index is 0.549. The lowest BCUT2D eigenvalue weighted by molar-refractivity contribution is 0.746. The van der Waals surface area contributed by atoms with Gasteiger partial charge in [-0.3, -0.25) is 0 Å². The number of rotatable bonds is 2. The normalized spacial score (nSPS) is 24.1. The molecule has 3 heteroatoms. The summed E-state index contributed by atoms with van der Waals surface area (Å²) in [7, 11) is 0. The molecule has 2 rings (SSSR count). The summed E-state index contributed by atoms with van der Waals surface area (Å²) in [5.74, 6) is 1.16. The van der Waals surface area contributed by atoms with Crippen LogP contribution in [-0.4, -0.2) is 17.0 Å². The van der Waals surface area contributed by atoms with E-state index in [4.69, 9.17) is 5.26 Å². The average Bonchev–Trinajstić information content (AvgIpc) is 2.67.